The van der Waals surface area contributed by atoms with E-state index in [1.54, 1.807) is 22.8 Å². The fourth-order valence-corrected chi connectivity index (χ4v) is 5.64. The molecular formula is C28H28N6O3S2. The Kier molecular flexibility index (Phi) is 8.08. The highest BCUT2D eigenvalue weighted by Gasteiger charge is 2.33. The standard InChI is InChI=1S/C28H28N6O3S2/c1-18-6-8-20(9-7-18)23-15-22(19-10-12-21(37-3)13-11-19)32-34(23)26(35)17-39-28-31-30-25(33(28)2)16-29-27(36)24-5-4-14-38-24/h4-14,23H,15-17H2,1-3H3,(H,29,36). The third-order valence-electron chi connectivity index (χ3n) is 6.45. The van der Waals surface area contributed by atoms with Crippen LogP contribution in [-0.2, 0) is 18.4 Å². The number of carbonyl (C=O) groups excluding carboxylic acids is 2. The molecule has 9 nitrogen and oxygen atoms in total. The van der Waals surface area contributed by atoms with E-state index in [4.69, 9.17) is 9.84 Å². The van der Waals surface area contributed by atoms with E-state index in [0.29, 0.717) is 22.3 Å². The number of thiophene rings is 1. The number of benzene rings is 2. The fraction of sp³-hybridized carbons (Fsp3) is 0.250. The van der Waals surface area contributed by atoms with Gasteiger partial charge in [0.1, 0.15) is 5.75 Å². The quantitative estimate of drug-likeness (QED) is 0.301. The molecular weight excluding hydrogens is 532 g/mol. The Morgan fingerprint density at radius 3 is 2.56 bits per heavy atom. The Morgan fingerprint density at radius 1 is 1.10 bits per heavy atom. The Balaban J connectivity index is 1.28. The van der Waals surface area contributed by atoms with Crippen molar-refractivity contribution in [3.05, 3.63) is 93.4 Å². The van der Waals surface area contributed by atoms with E-state index in [1.807, 2.05) is 49.7 Å². The molecule has 0 aliphatic carbocycles. The van der Waals surface area contributed by atoms with Crippen molar-refractivity contribution in [3.8, 4) is 5.75 Å². The van der Waals surface area contributed by atoms with Crippen LogP contribution in [0.2, 0.25) is 0 Å². The molecule has 1 atom stereocenters. The smallest absolute Gasteiger partial charge is 0.261 e. The van der Waals surface area contributed by atoms with Gasteiger partial charge in [-0.05, 0) is 53.8 Å². The van der Waals surface area contributed by atoms with Crippen molar-refractivity contribution >= 4 is 40.6 Å². The number of aryl methyl sites for hydroxylation is 1. The SMILES string of the molecule is COc1ccc(C2=NN(C(=O)CSc3nnc(CNC(=O)c4cccs4)n3C)C(c3ccc(C)cc3)C2)cc1. The van der Waals surface area contributed by atoms with Gasteiger partial charge in [-0.2, -0.15) is 5.10 Å². The third-order valence-corrected chi connectivity index (χ3v) is 8.33. The summed E-state index contributed by atoms with van der Waals surface area (Å²) in [6.07, 6.45) is 0.615. The zero-order valence-electron chi connectivity index (χ0n) is 21.8. The number of hydrazone groups is 1. The zero-order chi connectivity index (χ0) is 27.4. The van der Waals surface area contributed by atoms with Gasteiger partial charge in [-0.15, -0.1) is 21.5 Å². The maximum absolute atomic E-state index is 13.5. The van der Waals surface area contributed by atoms with Crippen molar-refractivity contribution in [2.45, 2.75) is 31.1 Å². The normalized spacial score (nSPS) is 14.8. The number of hydrogen-bond donors (Lipinski definition) is 1. The lowest BCUT2D eigenvalue weighted by atomic mass is 9.97. The lowest BCUT2D eigenvalue weighted by molar-refractivity contribution is -0.130. The lowest BCUT2D eigenvalue weighted by Crippen LogP contribution is -2.28. The van der Waals surface area contributed by atoms with Crippen molar-refractivity contribution in [1.29, 1.82) is 0 Å². The highest BCUT2D eigenvalue weighted by atomic mass is 32.2. The average molecular weight is 561 g/mol. The molecule has 5 rings (SSSR count). The number of aromatic nitrogens is 3. The van der Waals surface area contributed by atoms with Crippen molar-refractivity contribution in [2.24, 2.45) is 12.1 Å². The van der Waals surface area contributed by atoms with Gasteiger partial charge < -0.3 is 14.6 Å². The van der Waals surface area contributed by atoms with E-state index >= 15 is 0 Å². The van der Waals surface area contributed by atoms with Crippen molar-refractivity contribution in [3.63, 3.8) is 0 Å². The van der Waals surface area contributed by atoms with Crippen LogP contribution in [0.4, 0.5) is 0 Å². The summed E-state index contributed by atoms with van der Waals surface area (Å²) >= 11 is 2.68. The molecule has 11 heteroatoms. The molecule has 3 heterocycles. The number of ether oxygens (including phenoxy) is 1. The first kappa shape index (κ1) is 26.6. The molecule has 1 N–H and O–H groups in total. The van der Waals surface area contributed by atoms with E-state index in [0.717, 1.165) is 28.2 Å². The van der Waals surface area contributed by atoms with Crippen LogP contribution in [0.15, 0.2) is 76.3 Å². The van der Waals surface area contributed by atoms with Gasteiger partial charge in [0.2, 0.25) is 0 Å². The minimum atomic E-state index is -0.196. The highest BCUT2D eigenvalue weighted by Crippen LogP contribution is 2.34. The summed E-state index contributed by atoms with van der Waals surface area (Å²) in [5.74, 6) is 1.25. The Morgan fingerprint density at radius 2 is 1.87 bits per heavy atom. The molecule has 2 aromatic heterocycles. The van der Waals surface area contributed by atoms with Gasteiger partial charge in [-0.3, -0.25) is 9.59 Å². The van der Waals surface area contributed by atoms with Crippen LogP contribution >= 0.6 is 23.1 Å². The number of nitrogens with zero attached hydrogens (tertiary/aromatic N) is 5. The fourth-order valence-electron chi connectivity index (χ4n) is 4.22. The number of rotatable bonds is 9. The van der Waals surface area contributed by atoms with E-state index in [9.17, 15) is 9.59 Å². The first-order valence-electron chi connectivity index (χ1n) is 12.4. The minimum absolute atomic E-state index is 0.121. The molecule has 1 aliphatic heterocycles. The van der Waals surface area contributed by atoms with Crippen LogP contribution in [0.1, 0.15) is 44.6 Å². The van der Waals surface area contributed by atoms with Crippen LogP contribution < -0.4 is 10.1 Å². The first-order chi connectivity index (χ1) is 18.9. The maximum Gasteiger partial charge on any atom is 0.261 e. The van der Waals surface area contributed by atoms with Crippen molar-refractivity contribution in [2.75, 3.05) is 12.9 Å². The molecule has 0 spiro atoms. The van der Waals surface area contributed by atoms with Crippen molar-refractivity contribution in [1.82, 2.24) is 25.1 Å². The predicted octanol–water partition coefficient (Wildman–Crippen LogP) is 4.59. The number of amides is 2. The second kappa shape index (κ2) is 11.8. The minimum Gasteiger partial charge on any atom is -0.497 e. The zero-order valence-corrected chi connectivity index (χ0v) is 23.5. The summed E-state index contributed by atoms with van der Waals surface area (Å²) < 4.78 is 7.07. The number of methoxy groups -OCH3 is 1. The number of carbonyl (C=O) groups is 2. The summed E-state index contributed by atoms with van der Waals surface area (Å²) in [7, 11) is 3.46. The predicted molar refractivity (Wildman–Crippen MR) is 152 cm³/mol. The number of nitrogens with one attached hydrogen (secondary N) is 1. The molecule has 1 unspecified atom stereocenters. The highest BCUT2D eigenvalue weighted by molar-refractivity contribution is 7.99. The topological polar surface area (TPSA) is 102 Å². The Hall–Kier alpha value is -3.96. The Labute approximate surface area is 234 Å². The summed E-state index contributed by atoms with van der Waals surface area (Å²) in [6, 6.07) is 19.3. The summed E-state index contributed by atoms with van der Waals surface area (Å²) in [4.78, 5) is 26.4. The summed E-state index contributed by atoms with van der Waals surface area (Å²) in [6.45, 7) is 2.28. The molecule has 0 saturated heterocycles. The van der Waals surface area contributed by atoms with Gasteiger partial charge in [-0.1, -0.05) is 47.7 Å². The van der Waals surface area contributed by atoms with Crippen LogP contribution in [0, 0.1) is 6.92 Å². The van der Waals surface area contributed by atoms with Crippen LogP contribution in [0.25, 0.3) is 0 Å². The number of hydrogen-bond acceptors (Lipinski definition) is 8. The van der Waals surface area contributed by atoms with Crippen LogP contribution in [0.5, 0.6) is 5.75 Å². The molecule has 2 aromatic carbocycles. The summed E-state index contributed by atoms with van der Waals surface area (Å²) in [5.41, 5.74) is 4.00. The van der Waals surface area contributed by atoms with E-state index in [2.05, 4.69) is 39.8 Å². The lowest BCUT2D eigenvalue weighted by Gasteiger charge is -2.22. The molecule has 1 aliphatic rings. The number of thioether (sulfide) groups is 1. The largest absolute Gasteiger partial charge is 0.497 e. The van der Waals surface area contributed by atoms with Crippen LogP contribution in [0.3, 0.4) is 0 Å². The first-order valence-corrected chi connectivity index (χ1v) is 14.2. The van der Waals surface area contributed by atoms with Crippen LogP contribution in [-0.4, -0.2) is 50.2 Å². The molecule has 200 valence electrons. The second-order valence-corrected chi connectivity index (χ2v) is 10.9. The summed E-state index contributed by atoms with van der Waals surface area (Å²) in [5, 5.41) is 20.1. The van der Waals surface area contributed by atoms with Gasteiger partial charge in [0, 0.05) is 13.5 Å². The van der Waals surface area contributed by atoms with E-state index in [-0.39, 0.29) is 30.2 Å². The molecule has 2 amide bonds. The molecule has 4 aromatic rings. The monoisotopic (exact) mass is 560 g/mol. The van der Waals surface area contributed by atoms with Gasteiger partial charge >= 0.3 is 0 Å². The van der Waals surface area contributed by atoms with Gasteiger partial charge in [0.25, 0.3) is 11.8 Å². The van der Waals surface area contributed by atoms with Gasteiger partial charge in [0.15, 0.2) is 11.0 Å². The molecule has 0 radical (unpaired) electrons. The maximum atomic E-state index is 13.5. The molecule has 0 bridgehead atoms. The van der Waals surface area contributed by atoms with E-state index in [1.165, 1.54) is 23.1 Å². The average Bonchev–Trinajstić information content (AvgIpc) is 3.72. The van der Waals surface area contributed by atoms with Crippen molar-refractivity contribution < 1.29 is 14.3 Å². The Bertz CT molecular complexity index is 1480. The molecule has 0 saturated carbocycles. The second-order valence-electron chi connectivity index (χ2n) is 9.05. The van der Waals surface area contributed by atoms with E-state index < -0.39 is 0 Å². The molecule has 0 fully saturated rings. The van der Waals surface area contributed by atoms with Gasteiger partial charge in [-0.25, -0.2) is 5.01 Å². The van der Waals surface area contributed by atoms with Gasteiger partial charge in [0.05, 0.1) is 36.0 Å². The third kappa shape index (κ3) is 6.04. The molecule has 39 heavy (non-hydrogen) atoms.